The molecular weight excluding hydrogens is 468 g/mol. The van der Waals surface area contributed by atoms with E-state index >= 15 is 0 Å². The smallest absolute Gasteiger partial charge is 0.118 e. The van der Waals surface area contributed by atoms with Crippen molar-refractivity contribution in [3.05, 3.63) is 94.5 Å². The van der Waals surface area contributed by atoms with Gasteiger partial charge in [-0.05, 0) is 82.4 Å². The van der Waals surface area contributed by atoms with Crippen molar-refractivity contribution in [2.45, 2.75) is 0 Å². The third kappa shape index (κ3) is 25.9. The zero-order chi connectivity index (χ0) is 19.5. The molecule has 149 valence electrons. The number of benzene rings is 1. The standard InChI is InChI=1S/C12H13O.C5H5.F6P.Rh/c1-3-4-5-6-11-7-9-12(13-2)10-8-11;1-2-4-5-3-1;1-7(2,3,4,5)6;/h3-10H,1H2,2H3;1-5H;;/q;;-1;. The first-order chi connectivity index (χ1) is 11.3. The van der Waals surface area contributed by atoms with Gasteiger partial charge in [0, 0.05) is 19.5 Å². The molecule has 11 radical (unpaired) electrons. The Bertz CT molecular complexity index is 452. The average molecular weight is 486 g/mol. The summed E-state index contributed by atoms with van der Waals surface area (Å²) in [4.78, 5) is 0. The normalized spacial score (nSPS) is 15.8. The summed E-state index contributed by atoms with van der Waals surface area (Å²) in [7, 11) is -8.99. The number of hydrogen-bond acceptors (Lipinski definition) is 1. The molecule has 2 rings (SSSR count). The van der Waals surface area contributed by atoms with Gasteiger partial charge >= 0.3 is 33.0 Å². The van der Waals surface area contributed by atoms with Gasteiger partial charge in [0.2, 0.25) is 0 Å². The van der Waals surface area contributed by atoms with Gasteiger partial charge < -0.3 is 4.74 Å². The summed E-state index contributed by atoms with van der Waals surface area (Å²) in [5.41, 5.74) is 1.15. The predicted molar refractivity (Wildman–Crippen MR) is 89.7 cm³/mol. The van der Waals surface area contributed by atoms with E-state index in [0.29, 0.717) is 0 Å². The maximum Gasteiger partial charge on any atom is 0.118 e. The Morgan fingerprint density at radius 2 is 1.19 bits per heavy atom. The van der Waals surface area contributed by atoms with E-state index in [1.165, 1.54) is 0 Å². The van der Waals surface area contributed by atoms with Crippen LogP contribution in [0.4, 0.5) is 25.2 Å². The summed E-state index contributed by atoms with van der Waals surface area (Å²) in [6, 6.07) is 7.89. The summed E-state index contributed by atoms with van der Waals surface area (Å²) < 4.78 is 64.2. The van der Waals surface area contributed by atoms with Gasteiger partial charge in [0.05, 0.1) is 7.11 Å². The largest absolute Gasteiger partial charge is 0.497 e. The van der Waals surface area contributed by atoms with E-state index < -0.39 is 7.81 Å². The minimum absolute atomic E-state index is 0. The number of rotatable bonds is 5. The average Bonchev–Trinajstić information content (AvgIpc) is 3.04. The first kappa shape index (κ1) is 27.9. The van der Waals surface area contributed by atoms with Crippen LogP contribution in [0.15, 0.2) is 24.3 Å². The molecule has 1 saturated carbocycles. The number of halogens is 6. The number of ether oxygens (including phenoxy) is 1. The van der Waals surface area contributed by atoms with Crippen molar-refractivity contribution in [2.75, 3.05) is 7.11 Å². The van der Waals surface area contributed by atoms with Crippen molar-refractivity contribution in [3.8, 4) is 5.75 Å². The van der Waals surface area contributed by atoms with Crippen molar-refractivity contribution in [2.24, 2.45) is 0 Å². The molecule has 0 N–H and O–H groups in total. The van der Waals surface area contributed by atoms with Crippen LogP contribution >= 0.6 is 7.81 Å². The molecule has 1 aromatic rings. The monoisotopic (exact) mass is 486 g/mol. The second kappa shape index (κ2) is 11.5. The molecule has 26 heavy (non-hydrogen) atoms. The molecule has 1 aliphatic carbocycles. The Balaban J connectivity index is 0. The van der Waals surface area contributed by atoms with Gasteiger partial charge in [-0.25, -0.2) is 0 Å². The molecule has 1 aliphatic rings. The fourth-order valence-corrected chi connectivity index (χ4v) is 1.28. The van der Waals surface area contributed by atoms with Crippen molar-refractivity contribution >= 4 is 7.81 Å². The molecule has 0 amide bonds. The third-order valence-electron chi connectivity index (χ3n) is 2.21. The van der Waals surface area contributed by atoms with Crippen LogP contribution in [0.5, 0.6) is 5.75 Å². The molecule has 0 bridgehead atoms. The predicted octanol–water partition coefficient (Wildman–Crippen LogP) is 7.10. The zero-order valence-corrected chi connectivity index (χ0v) is 16.2. The molecule has 1 nitrogen and oxygen atoms in total. The minimum Gasteiger partial charge on any atom is -0.497 e. The van der Waals surface area contributed by atoms with E-state index in [-0.39, 0.29) is 19.5 Å². The van der Waals surface area contributed by atoms with Crippen LogP contribution in [0.2, 0.25) is 0 Å². The summed E-state index contributed by atoms with van der Waals surface area (Å²) in [6.45, 7) is 3.59. The van der Waals surface area contributed by atoms with E-state index in [1.807, 2.05) is 75.6 Å². The molecule has 0 saturated heterocycles. The van der Waals surface area contributed by atoms with Crippen LogP contribution in [0.1, 0.15) is 5.56 Å². The molecule has 0 heterocycles. The summed E-state index contributed by atoms with van der Waals surface area (Å²) in [5.74, 6) is 0.879. The van der Waals surface area contributed by atoms with Gasteiger partial charge in [-0.3, -0.25) is 0 Å². The summed E-state index contributed by atoms with van der Waals surface area (Å²) in [6.07, 6.45) is 17.6. The topological polar surface area (TPSA) is 9.23 Å². The Morgan fingerprint density at radius 1 is 0.808 bits per heavy atom. The molecule has 0 spiro atoms. The Labute approximate surface area is 164 Å². The Morgan fingerprint density at radius 3 is 1.50 bits per heavy atom. The van der Waals surface area contributed by atoms with Gasteiger partial charge in [-0.1, -0.05) is 12.1 Å². The van der Waals surface area contributed by atoms with Crippen LogP contribution < -0.4 is 4.74 Å². The van der Waals surface area contributed by atoms with Crippen molar-refractivity contribution < 1.29 is 49.4 Å². The molecule has 1 aromatic carbocycles. The summed E-state index contributed by atoms with van der Waals surface area (Å²) >= 11 is 0. The molecule has 0 aromatic heterocycles. The van der Waals surface area contributed by atoms with Crippen LogP contribution in [-0.4, -0.2) is 7.11 Å². The van der Waals surface area contributed by atoms with E-state index in [1.54, 1.807) is 13.5 Å². The van der Waals surface area contributed by atoms with Gasteiger partial charge in [0.15, 0.2) is 0 Å². The van der Waals surface area contributed by atoms with Crippen LogP contribution in [0.25, 0.3) is 0 Å². The molecule has 9 heteroatoms. The maximum atomic E-state index is 9.87. The van der Waals surface area contributed by atoms with Gasteiger partial charge in [0.25, 0.3) is 0 Å². The second-order valence-corrected chi connectivity index (χ2v) is 6.40. The van der Waals surface area contributed by atoms with Crippen molar-refractivity contribution in [1.29, 1.82) is 0 Å². The van der Waals surface area contributed by atoms with Crippen LogP contribution in [-0.2, 0) is 19.5 Å². The van der Waals surface area contributed by atoms with E-state index in [2.05, 4.69) is 6.92 Å². The minimum atomic E-state index is -10.7. The SMILES string of the molecule is F[P-](F)(F)(F)(F)F.[CH2][CH][CH][CH][CH]c1ccc(OC)cc1.[CH]1[CH][CH][CH][CH]1.[Rh]. The van der Waals surface area contributed by atoms with E-state index in [0.717, 1.165) is 11.3 Å². The van der Waals surface area contributed by atoms with E-state index in [4.69, 9.17) is 4.74 Å². The molecule has 0 aliphatic heterocycles. The molecule has 0 unspecified atom stereocenters. The van der Waals surface area contributed by atoms with Gasteiger partial charge in [0.1, 0.15) is 5.75 Å². The summed E-state index contributed by atoms with van der Waals surface area (Å²) in [5, 5.41) is 0. The van der Waals surface area contributed by atoms with Gasteiger partial charge in [-0.15, -0.1) is 0 Å². The molecular formula is C17H18F6OPRh-. The first-order valence-corrected chi connectivity index (χ1v) is 8.84. The quantitative estimate of drug-likeness (QED) is 0.187. The fraction of sp³-hybridized carbons (Fsp3) is 0.0588. The van der Waals surface area contributed by atoms with Crippen molar-refractivity contribution in [1.82, 2.24) is 0 Å². The molecule has 0 atom stereocenters. The molecule has 1 fully saturated rings. The van der Waals surface area contributed by atoms with Crippen LogP contribution in [0.3, 0.4) is 0 Å². The van der Waals surface area contributed by atoms with Gasteiger partial charge in [-0.2, -0.15) is 0 Å². The van der Waals surface area contributed by atoms with Crippen molar-refractivity contribution in [3.63, 3.8) is 0 Å². The first-order valence-electron chi connectivity index (χ1n) is 6.81. The number of methoxy groups -OCH3 is 1. The number of unbranched alkanes of at least 4 members (excludes halogenated alkanes) is 2. The Hall–Kier alpha value is -0.347. The fourth-order valence-electron chi connectivity index (χ4n) is 1.28. The van der Waals surface area contributed by atoms with Crippen LogP contribution in [0, 0.1) is 64.7 Å². The third-order valence-corrected chi connectivity index (χ3v) is 2.21. The Kier molecular flexibility index (Phi) is 12.3. The zero-order valence-electron chi connectivity index (χ0n) is 13.7. The van der Waals surface area contributed by atoms with E-state index in [9.17, 15) is 25.2 Å². The number of hydrogen-bond donors (Lipinski definition) is 0. The second-order valence-electron chi connectivity index (χ2n) is 4.48. The maximum absolute atomic E-state index is 10.7.